The highest BCUT2D eigenvalue weighted by molar-refractivity contribution is 6.00. The molecule has 0 saturated heterocycles. The molecule has 0 radical (unpaired) electrons. The lowest BCUT2D eigenvalue weighted by Crippen LogP contribution is -2.33. The molecule has 148 valence electrons. The molecule has 0 aliphatic rings. The Morgan fingerprint density at radius 1 is 1.17 bits per heavy atom. The van der Waals surface area contributed by atoms with Crippen LogP contribution in [0.1, 0.15) is 21.5 Å². The second kappa shape index (κ2) is 8.30. The van der Waals surface area contributed by atoms with E-state index in [9.17, 15) is 19.7 Å². The number of anilines is 1. The number of benzene rings is 2. The van der Waals surface area contributed by atoms with E-state index >= 15 is 0 Å². The van der Waals surface area contributed by atoms with E-state index in [-0.39, 0.29) is 23.5 Å². The van der Waals surface area contributed by atoms with Crippen molar-refractivity contribution in [3.05, 3.63) is 75.9 Å². The number of rotatable bonds is 6. The van der Waals surface area contributed by atoms with E-state index in [1.165, 1.54) is 29.5 Å². The summed E-state index contributed by atoms with van der Waals surface area (Å²) < 4.78 is 1.23. The van der Waals surface area contributed by atoms with Gasteiger partial charge in [0.25, 0.3) is 11.6 Å². The maximum Gasteiger partial charge on any atom is 0.295 e. The second-order valence-corrected chi connectivity index (χ2v) is 6.30. The lowest BCUT2D eigenvalue weighted by atomic mass is 10.1. The molecule has 1 aromatic heterocycles. The molecule has 0 saturated carbocycles. The minimum Gasteiger partial charge on any atom is -0.343 e. The van der Waals surface area contributed by atoms with Gasteiger partial charge in [-0.3, -0.25) is 19.7 Å². The number of amides is 2. The van der Waals surface area contributed by atoms with Gasteiger partial charge in [-0.05, 0) is 37.1 Å². The molecule has 0 aliphatic carbocycles. The van der Waals surface area contributed by atoms with E-state index < -0.39 is 16.7 Å². The van der Waals surface area contributed by atoms with E-state index in [1.807, 2.05) is 32.0 Å². The fourth-order valence-electron chi connectivity index (χ4n) is 2.80. The molecule has 10 heteroatoms. The summed E-state index contributed by atoms with van der Waals surface area (Å²) in [4.78, 5) is 39.1. The summed E-state index contributed by atoms with van der Waals surface area (Å²) in [6, 6.07) is 9.59. The van der Waals surface area contributed by atoms with Gasteiger partial charge in [-0.15, -0.1) is 0 Å². The van der Waals surface area contributed by atoms with Crippen molar-refractivity contribution < 1.29 is 14.5 Å². The molecule has 2 amide bonds. The van der Waals surface area contributed by atoms with Crippen molar-refractivity contribution in [2.24, 2.45) is 0 Å². The first-order valence-corrected chi connectivity index (χ1v) is 8.64. The van der Waals surface area contributed by atoms with Crippen molar-refractivity contribution in [1.29, 1.82) is 0 Å². The maximum absolute atomic E-state index is 12.4. The van der Waals surface area contributed by atoms with Crippen molar-refractivity contribution in [3.63, 3.8) is 0 Å². The summed E-state index contributed by atoms with van der Waals surface area (Å²) in [6.45, 7) is 3.47. The SMILES string of the molecule is Cc1cccc(C)c1NC(=O)CNC(=O)c1ccc(-n2cncn2)c([N+](=O)[O-])c1. The molecule has 3 rings (SSSR count). The average molecular weight is 394 g/mol. The Balaban J connectivity index is 1.70. The normalized spacial score (nSPS) is 10.4. The predicted molar refractivity (Wildman–Crippen MR) is 105 cm³/mol. The fraction of sp³-hybridized carbons (Fsp3) is 0.158. The average Bonchev–Trinajstić information content (AvgIpc) is 3.23. The second-order valence-electron chi connectivity index (χ2n) is 6.30. The van der Waals surface area contributed by atoms with Crippen LogP contribution >= 0.6 is 0 Å². The largest absolute Gasteiger partial charge is 0.343 e. The molecule has 0 aliphatic heterocycles. The molecule has 10 nitrogen and oxygen atoms in total. The van der Waals surface area contributed by atoms with Gasteiger partial charge >= 0.3 is 0 Å². The topological polar surface area (TPSA) is 132 Å². The Labute approximate surface area is 165 Å². The minimum absolute atomic E-state index is 0.0560. The summed E-state index contributed by atoms with van der Waals surface area (Å²) in [5.41, 5.74) is 2.44. The standard InChI is InChI=1S/C19H18N6O4/c1-12-4-3-5-13(2)18(12)23-17(26)9-21-19(27)14-6-7-15(16(8-14)25(28)29)24-11-20-10-22-24/h3-8,10-11H,9H2,1-2H3,(H,21,27)(H,23,26). The van der Waals surface area contributed by atoms with Crippen LogP contribution in [0.15, 0.2) is 49.1 Å². The molecule has 2 aromatic carbocycles. The molecule has 3 aromatic rings. The van der Waals surface area contributed by atoms with Crippen molar-refractivity contribution >= 4 is 23.2 Å². The number of para-hydroxylation sites is 1. The molecule has 0 spiro atoms. The van der Waals surface area contributed by atoms with Crippen molar-refractivity contribution in [1.82, 2.24) is 20.1 Å². The quantitative estimate of drug-likeness (QED) is 0.486. The van der Waals surface area contributed by atoms with Gasteiger partial charge in [0.2, 0.25) is 5.91 Å². The number of nitro benzene ring substituents is 1. The smallest absolute Gasteiger partial charge is 0.295 e. The molecule has 0 atom stereocenters. The van der Waals surface area contributed by atoms with Gasteiger partial charge in [0.05, 0.1) is 11.5 Å². The van der Waals surface area contributed by atoms with Crippen LogP contribution in [0.3, 0.4) is 0 Å². The van der Waals surface area contributed by atoms with Crippen LogP contribution in [0, 0.1) is 24.0 Å². The Kier molecular flexibility index (Phi) is 5.63. The molecule has 2 N–H and O–H groups in total. The highest BCUT2D eigenvalue weighted by Gasteiger charge is 2.20. The molecule has 0 unspecified atom stereocenters. The number of nitrogens with zero attached hydrogens (tertiary/aromatic N) is 4. The van der Waals surface area contributed by atoms with E-state index in [2.05, 4.69) is 20.7 Å². The van der Waals surface area contributed by atoms with Crippen LogP contribution in [0.25, 0.3) is 5.69 Å². The summed E-state index contributed by atoms with van der Waals surface area (Å²) in [5.74, 6) is -1.00. The zero-order chi connectivity index (χ0) is 21.0. The van der Waals surface area contributed by atoms with E-state index in [1.54, 1.807) is 0 Å². The zero-order valence-electron chi connectivity index (χ0n) is 15.7. The van der Waals surface area contributed by atoms with E-state index in [0.29, 0.717) is 5.69 Å². The van der Waals surface area contributed by atoms with Crippen molar-refractivity contribution in [2.75, 3.05) is 11.9 Å². The predicted octanol–water partition coefficient (Wildman–Crippen LogP) is 2.16. The Morgan fingerprint density at radius 3 is 2.52 bits per heavy atom. The number of carbonyl (C=O) groups excluding carboxylic acids is 2. The number of nitrogens with one attached hydrogen (secondary N) is 2. The van der Waals surface area contributed by atoms with E-state index in [4.69, 9.17) is 0 Å². The monoisotopic (exact) mass is 394 g/mol. The lowest BCUT2D eigenvalue weighted by Gasteiger charge is -2.12. The summed E-state index contributed by atoms with van der Waals surface area (Å²) in [6.07, 6.45) is 2.57. The Hall–Kier alpha value is -4.08. The van der Waals surface area contributed by atoms with Gasteiger partial charge in [-0.2, -0.15) is 5.10 Å². The molecular weight excluding hydrogens is 376 g/mol. The first kappa shape index (κ1) is 19.7. The van der Waals surface area contributed by atoms with Gasteiger partial charge in [0.1, 0.15) is 18.3 Å². The van der Waals surface area contributed by atoms with Crippen LogP contribution in [0.5, 0.6) is 0 Å². The maximum atomic E-state index is 12.4. The van der Waals surface area contributed by atoms with Crippen LogP contribution in [0.4, 0.5) is 11.4 Å². The molecule has 1 heterocycles. The molecule has 29 heavy (non-hydrogen) atoms. The first-order valence-electron chi connectivity index (χ1n) is 8.64. The highest BCUT2D eigenvalue weighted by Crippen LogP contribution is 2.23. The summed E-state index contributed by atoms with van der Waals surface area (Å²) in [7, 11) is 0. The van der Waals surface area contributed by atoms with Gasteiger partial charge < -0.3 is 10.6 Å². The number of aryl methyl sites for hydroxylation is 2. The van der Waals surface area contributed by atoms with Gasteiger partial charge in [0, 0.05) is 17.3 Å². The third kappa shape index (κ3) is 4.43. The minimum atomic E-state index is -0.610. The van der Waals surface area contributed by atoms with Gasteiger partial charge in [-0.1, -0.05) is 18.2 Å². The van der Waals surface area contributed by atoms with Crippen molar-refractivity contribution in [3.8, 4) is 5.69 Å². The number of hydrogen-bond donors (Lipinski definition) is 2. The summed E-state index contributed by atoms with van der Waals surface area (Å²) in [5, 5.41) is 20.5. The molecule has 0 fully saturated rings. The third-order valence-corrected chi connectivity index (χ3v) is 4.25. The number of aromatic nitrogens is 3. The molecule has 0 bridgehead atoms. The summed E-state index contributed by atoms with van der Waals surface area (Å²) >= 11 is 0. The molecular formula is C19H18N6O4. The van der Waals surface area contributed by atoms with Crippen LogP contribution in [0.2, 0.25) is 0 Å². The Morgan fingerprint density at radius 2 is 1.90 bits per heavy atom. The van der Waals surface area contributed by atoms with Crippen LogP contribution < -0.4 is 10.6 Å². The highest BCUT2D eigenvalue weighted by atomic mass is 16.6. The number of nitro groups is 1. The van der Waals surface area contributed by atoms with Gasteiger partial charge in [-0.25, -0.2) is 9.67 Å². The zero-order valence-corrected chi connectivity index (χ0v) is 15.7. The van der Waals surface area contributed by atoms with Crippen LogP contribution in [-0.4, -0.2) is 38.0 Å². The van der Waals surface area contributed by atoms with Crippen LogP contribution in [-0.2, 0) is 4.79 Å². The first-order chi connectivity index (χ1) is 13.9. The Bertz CT molecular complexity index is 1060. The van der Waals surface area contributed by atoms with E-state index in [0.717, 1.165) is 17.2 Å². The number of carbonyl (C=O) groups is 2. The van der Waals surface area contributed by atoms with Gasteiger partial charge in [0.15, 0.2) is 0 Å². The number of hydrogen-bond acceptors (Lipinski definition) is 6. The third-order valence-electron chi connectivity index (χ3n) is 4.25. The van der Waals surface area contributed by atoms with Crippen molar-refractivity contribution in [2.45, 2.75) is 13.8 Å². The lowest BCUT2D eigenvalue weighted by molar-refractivity contribution is -0.384. The fourth-order valence-corrected chi connectivity index (χ4v) is 2.80.